The standard InChI is InChI=1S/C11H15FN2O2/c1-8(13-2)3-4-9-5-10(12)7-11(6-9)14(15)16/h5-8,13H,3-4H2,1-2H3. The van der Waals surface area contributed by atoms with Gasteiger partial charge in [-0.3, -0.25) is 10.1 Å². The van der Waals surface area contributed by atoms with Crippen LogP contribution < -0.4 is 5.32 Å². The Labute approximate surface area is 93.6 Å². The zero-order valence-electron chi connectivity index (χ0n) is 9.37. The van der Waals surface area contributed by atoms with Gasteiger partial charge in [0.2, 0.25) is 0 Å². The summed E-state index contributed by atoms with van der Waals surface area (Å²) in [6, 6.07) is 4.01. The summed E-state index contributed by atoms with van der Waals surface area (Å²) in [5.41, 5.74) is 0.473. The van der Waals surface area contributed by atoms with Crippen molar-refractivity contribution >= 4 is 5.69 Å². The Morgan fingerprint density at radius 1 is 1.50 bits per heavy atom. The SMILES string of the molecule is CNC(C)CCc1cc(F)cc([N+](=O)[O-])c1. The van der Waals surface area contributed by atoms with Gasteiger partial charge >= 0.3 is 0 Å². The number of nitro benzene ring substituents is 1. The molecule has 0 radical (unpaired) electrons. The molecule has 0 fully saturated rings. The smallest absolute Gasteiger partial charge is 0.272 e. The molecule has 1 unspecified atom stereocenters. The fourth-order valence-corrected chi connectivity index (χ4v) is 1.41. The molecule has 1 rings (SSSR count). The number of rotatable bonds is 5. The quantitative estimate of drug-likeness (QED) is 0.619. The van der Waals surface area contributed by atoms with Gasteiger partial charge in [-0.1, -0.05) is 0 Å². The van der Waals surface area contributed by atoms with Crippen LogP contribution in [0.3, 0.4) is 0 Å². The number of nitro groups is 1. The van der Waals surface area contributed by atoms with Crippen LogP contribution in [0.1, 0.15) is 18.9 Å². The van der Waals surface area contributed by atoms with Gasteiger partial charge in [0.15, 0.2) is 0 Å². The van der Waals surface area contributed by atoms with E-state index < -0.39 is 10.7 Å². The van der Waals surface area contributed by atoms with Crippen LogP contribution >= 0.6 is 0 Å². The van der Waals surface area contributed by atoms with Gasteiger partial charge in [-0.2, -0.15) is 0 Å². The molecular weight excluding hydrogens is 211 g/mol. The lowest BCUT2D eigenvalue weighted by atomic mass is 10.1. The topological polar surface area (TPSA) is 55.2 Å². The largest absolute Gasteiger partial charge is 0.317 e. The maximum Gasteiger partial charge on any atom is 0.272 e. The van der Waals surface area contributed by atoms with Crippen molar-refractivity contribution in [2.75, 3.05) is 7.05 Å². The first kappa shape index (κ1) is 12.6. The molecule has 0 bridgehead atoms. The Morgan fingerprint density at radius 3 is 2.75 bits per heavy atom. The van der Waals surface area contributed by atoms with Crippen molar-refractivity contribution < 1.29 is 9.31 Å². The van der Waals surface area contributed by atoms with Gasteiger partial charge in [0, 0.05) is 12.1 Å². The monoisotopic (exact) mass is 226 g/mol. The van der Waals surface area contributed by atoms with Crippen molar-refractivity contribution in [2.45, 2.75) is 25.8 Å². The average Bonchev–Trinajstić information content (AvgIpc) is 2.25. The molecule has 0 saturated carbocycles. The molecule has 1 atom stereocenters. The summed E-state index contributed by atoms with van der Waals surface area (Å²) < 4.78 is 13.1. The second-order valence-electron chi connectivity index (χ2n) is 3.80. The molecule has 0 aliphatic carbocycles. The Kier molecular flexibility index (Phi) is 4.37. The minimum absolute atomic E-state index is 0.188. The van der Waals surface area contributed by atoms with E-state index in [4.69, 9.17) is 0 Å². The van der Waals surface area contributed by atoms with Gasteiger partial charge in [-0.25, -0.2) is 4.39 Å². The molecule has 1 N–H and O–H groups in total. The van der Waals surface area contributed by atoms with Gasteiger partial charge in [0.25, 0.3) is 5.69 Å². The Balaban J connectivity index is 2.76. The van der Waals surface area contributed by atoms with Crippen molar-refractivity contribution in [1.29, 1.82) is 0 Å². The molecule has 88 valence electrons. The number of hydrogen-bond donors (Lipinski definition) is 1. The van der Waals surface area contributed by atoms with Crippen LogP contribution in [0.15, 0.2) is 18.2 Å². The molecule has 5 heteroatoms. The van der Waals surface area contributed by atoms with Gasteiger partial charge in [-0.05, 0) is 38.4 Å². The summed E-state index contributed by atoms with van der Waals surface area (Å²) in [7, 11) is 1.85. The molecule has 0 spiro atoms. The van der Waals surface area contributed by atoms with E-state index in [1.54, 1.807) is 0 Å². The molecule has 1 aromatic carbocycles. The number of aryl methyl sites for hydroxylation is 1. The third-order valence-electron chi connectivity index (χ3n) is 2.51. The van der Waals surface area contributed by atoms with Gasteiger partial charge in [0.05, 0.1) is 11.0 Å². The highest BCUT2D eigenvalue weighted by Gasteiger charge is 2.10. The fourth-order valence-electron chi connectivity index (χ4n) is 1.41. The van der Waals surface area contributed by atoms with Crippen LogP contribution in [0.4, 0.5) is 10.1 Å². The zero-order chi connectivity index (χ0) is 12.1. The van der Waals surface area contributed by atoms with Crippen molar-refractivity contribution in [2.24, 2.45) is 0 Å². The maximum atomic E-state index is 13.1. The molecule has 16 heavy (non-hydrogen) atoms. The second-order valence-corrected chi connectivity index (χ2v) is 3.80. The first-order valence-corrected chi connectivity index (χ1v) is 5.14. The van der Waals surface area contributed by atoms with E-state index >= 15 is 0 Å². The van der Waals surface area contributed by atoms with E-state index in [-0.39, 0.29) is 5.69 Å². The number of non-ortho nitro benzene ring substituents is 1. The zero-order valence-corrected chi connectivity index (χ0v) is 9.37. The van der Waals surface area contributed by atoms with E-state index in [9.17, 15) is 14.5 Å². The first-order valence-electron chi connectivity index (χ1n) is 5.14. The Morgan fingerprint density at radius 2 is 2.19 bits per heavy atom. The lowest BCUT2D eigenvalue weighted by Crippen LogP contribution is -2.21. The second kappa shape index (κ2) is 5.55. The van der Waals surface area contributed by atoms with Crippen molar-refractivity contribution in [1.82, 2.24) is 5.32 Å². The number of halogens is 1. The van der Waals surface area contributed by atoms with Crippen LogP contribution in [0.5, 0.6) is 0 Å². The summed E-state index contributed by atoms with van der Waals surface area (Å²) in [5, 5.41) is 13.6. The lowest BCUT2D eigenvalue weighted by molar-refractivity contribution is -0.385. The number of nitrogens with one attached hydrogen (secondary N) is 1. The minimum Gasteiger partial charge on any atom is -0.317 e. The van der Waals surface area contributed by atoms with Crippen molar-refractivity contribution in [3.05, 3.63) is 39.7 Å². The van der Waals surface area contributed by atoms with Crippen LogP contribution in [0.25, 0.3) is 0 Å². The summed E-state index contributed by atoms with van der Waals surface area (Å²) in [6.45, 7) is 2.01. The average molecular weight is 226 g/mol. The molecular formula is C11H15FN2O2. The van der Waals surface area contributed by atoms with E-state index in [0.717, 1.165) is 12.5 Å². The van der Waals surface area contributed by atoms with Crippen LogP contribution in [-0.2, 0) is 6.42 Å². The Hall–Kier alpha value is -1.49. The highest BCUT2D eigenvalue weighted by Crippen LogP contribution is 2.17. The number of hydrogen-bond acceptors (Lipinski definition) is 3. The van der Waals surface area contributed by atoms with Crippen LogP contribution in [0.2, 0.25) is 0 Å². The predicted molar refractivity (Wildman–Crippen MR) is 59.9 cm³/mol. The van der Waals surface area contributed by atoms with Crippen LogP contribution in [-0.4, -0.2) is 18.0 Å². The molecule has 0 aliphatic heterocycles. The lowest BCUT2D eigenvalue weighted by Gasteiger charge is -2.09. The van der Waals surface area contributed by atoms with E-state index in [0.29, 0.717) is 18.0 Å². The molecule has 0 heterocycles. The fraction of sp³-hybridized carbons (Fsp3) is 0.455. The van der Waals surface area contributed by atoms with E-state index in [1.807, 2.05) is 14.0 Å². The maximum absolute atomic E-state index is 13.1. The number of nitrogens with zero attached hydrogens (tertiary/aromatic N) is 1. The molecule has 0 amide bonds. The molecule has 4 nitrogen and oxygen atoms in total. The van der Waals surface area contributed by atoms with Gasteiger partial charge in [-0.15, -0.1) is 0 Å². The third-order valence-corrected chi connectivity index (χ3v) is 2.51. The van der Waals surface area contributed by atoms with E-state index in [1.165, 1.54) is 12.1 Å². The van der Waals surface area contributed by atoms with Gasteiger partial charge < -0.3 is 5.32 Å². The van der Waals surface area contributed by atoms with E-state index in [2.05, 4.69) is 5.32 Å². The van der Waals surface area contributed by atoms with Crippen LogP contribution in [0, 0.1) is 15.9 Å². The third kappa shape index (κ3) is 3.58. The molecule has 0 saturated heterocycles. The highest BCUT2D eigenvalue weighted by atomic mass is 19.1. The Bertz CT molecular complexity index is 382. The molecule has 0 aromatic heterocycles. The van der Waals surface area contributed by atoms with Crippen molar-refractivity contribution in [3.63, 3.8) is 0 Å². The first-order chi connectivity index (χ1) is 7.52. The molecule has 1 aromatic rings. The summed E-state index contributed by atoms with van der Waals surface area (Å²) in [5.74, 6) is -0.554. The highest BCUT2D eigenvalue weighted by molar-refractivity contribution is 5.35. The summed E-state index contributed by atoms with van der Waals surface area (Å²) in [6.07, 6.45) is 1.44. The van der Waals surface area contributed by atoms with Crippen molar-refractivity contribution in [3.8, 4) is 0 Å². The normalized spacial score (nSPS) is 12.4. The predicted octanol–water partition coefficient (Wildman–Crippen LogP) is 2.27. The number of benzene rings is 1. The van der Waals surface area contributed by atoms with Gasteiger partial charge in [0.1, 0.15) is 5.82 Å². The summed E-state index contributed by atoms with van der Waals surface area (Å²) >= 11 is 0. The molecule has 0 aliphatic rings. The summed E-state index contributed by atoms with van der Waals surface area (Å²) in [4.78, 5) is 9.95. The minimum atomic E-state index is -0.575.